The number of aromatic amines is 2. The highest BCUT2D eigenvalue weighted by molar-refractivity contribution is 6.00. The summed E-state index contributed by atoms with van der Waals surface area (Å²) in [7, 11) is 0. The van der Waals surface area contributed by atoms with Crippen LogP contribution in [0.4, 0.5) is 0 Å². The van der Waals surface area contributed by atoms with Crippen LogP contribution in [0, 0.1) is 25.7 Å². The summed E-state index contributed by atoms with van der Waals surface area (Å²) < 4.78 is 0. The van der Waals surface area contributed by atoms with E-state index in [9.17, 15) is 29.7 Å². The number of carbonyl (C=O) groups excluding carboxylic acids is 2. The van der Waals surface area contributed by atoms with Crippen molar-refractivity contribution in [1.29, 1.82) is 0 Å². The Morgan fingerprint density at radius 1 is 1.02 bits per heavy atom. The number of aliphatic carboxylic acids is 1. The molecule has 10 heteroatoms. The van der Waals surface area contributed by atoms with Gasteiger partial charge >= 0.3 is 5.97 Å². The number of allylic oxidation sites excluding steroid dienone is 1. The smallest absolute Gasteiger partial charge is 0.303 e. The van der Waals surface area contributed by atoms with Gasteiger partial charge in [0.2, 0.25) is 5.91 Å². The van der Waals surface area contributed by atoms with Gasteiger partial charge in [0, 0.05) is 71.6 Å². The first kappa shape index (κ1) is 32.0. The molecule has 0 spiro atoms. The number of aliphatic hydroxyl groups is 2. The second-order valence-corrected chi connectivity index (χ2v) is 11.8. The van der Waals surface area contributed by atoms with Crippen molar-refractivity contribution in [1.82, 2.24) is 20.6 Å². The van der Waals surface area contributed by atoms with Crippen LogP contribution < -0.4 is 10.6 Å². The summed E-state index contributed by atoms with van der Waals surface area (Å²) in [4.78, 5) is 43.4. The van der Waals surface area contributed by atoms with E-state index in [0.29, 0.717) is 31.3 Å². The van der Waals surface area contributed by atoms with E-state index in [1.54, 1.807) is 6.08 Å². The van der Waals surface area contributed by atoms with E-state index in [2.05, 4.69) is 34.1 Å². The Bertz CT molecular complexity index is 1490. The molecule has 4 heterocycles. The van der Waals surface area contributed by atoms with E-state index in [4.69, 9.17) is 0 Å². The van der Waals surface area contributed by atoms with Gasteiger partial charge in [-0.1, -0.05) is 26.5 Å². The number of carbonyl (C=O) groups is 3. The third-order valence-electron chi connectivity index (χ3n) is 9.21. The summed E-state index contributed by atoms with van der Waals surface area (Å²) in [6.45, 7) is 13.6. The van der Waals surface area contributed by atoms with Crippen LogP contribution in [0.5, 0.6) is 0 Å². The molecule has 2 aliphatic heterocycles. The Morgan fingerprint density at radius 3 is 2.30 bits per heavy atom. The Hall–Kier alpha value is -3.89. The summed E-state index contributed by atoms with van der Waals surface area (Å²) in [6, 6.07) is -0.193. The van der Waals surface area contributed by atoms with Gasteiger partial charge in [-0.2, -0.15) is 0 Å². The molecule has 7 N–H and O–H groups in total. The third kappa shape index (κ3) is 6.70. The first-order valence-electron chi connectivity index (χ1n) is 15.0. The van der Waals surface area contributed by atoms with Crippen LogP contribution in [0.3, 0.4) is 0 Å². The minimum atomic E-state index is -1.45. The molecule has 0 aromatic carbocycles. The number of rotatable bonds is 13. The van der Waals surface area contributed by atoms with Crippen molar-refractivity contribution >= 4 is 23.9 Å². The van der Waals surface area contributed by atoms with Gasteiger partial charge in [-0.3, -0.25) is 14.4 Å². The van der Waals surface area contributed by atoms with E-state index >= 15 is 0 Å². The number of hydrogen-bond acceptors (Lipinski definition) is 5. The number of H-pyrrole nitrogens is 2. The lowest BCUT2D eigenvalue weighted by atomic mass is 9.92. The molecule has 1 fully saturated rings. The molecule has 2 aromatic heterocycles. The second kappa shape index (κ2) is 13.2. The molecule has 0 radical (unpaired) electrons. The van der Waals surface area contributed by atoms with Crippen molar-refractivity contribution in [2.24, 2.45) is 11.8 Å². The Morgan fingerprint density at radius 2 is 1.70 bits per heavy atom. The van der Waals surface area contributed by atoms with Crippen molar-refractivity contribution < 1.29 is 29.7 Å². The molecule has 1 saturated heterocycles. The summed E-state index contributed by atoms with van der Waals surface area (Å²) in [6.07, 6.45) is 4.82. The molecule has 43 heavy (non-hydrogen) atoms. The fourth-order valence-corrected chi connectivity index (χ4v) is 6.54. The van der Waals surface area contributed by atoms with Crippen molar-refractivity contribution in [2.75, 3.05) is 0 Å². The maximum Gasteiger partial charge on any atom is 0.303 e. The number of carboxylic acid groups (broad SMARTS) is 1. The molecule has 2 aliphatic rings. The molecule has 0 aliphatic carbocycles. The van der Waals surface area contributed by atoms with Gasteiger partial charge in [-0.25, -0.2) is 0 Å². The lowest BCUT2D eigenvalue weighted by Gasteiger charge is -2.12. The fourth-order valence-electron chi connectivity index (χ4n) is 6.54. The minimum absolute atomic E-state index is 0.00682. The van der Waals surface area contributed by atoms with Crippen LogP contribution in [0.25, 0.3) is 6.08 Å². The fraction of sp³-hybridized carbons (Fsp3) is 0.485. The summed E-state index contributed by atoms with van der Waals surface area (Å²) in [5.41, 5.74) is 9.73. The average molecular weight is 593 g/mol. The highest BCUT2D eigenvalue weighted by Gasteiger charge is 2.34. The van der Waals surface area contributed by atoms with Gasteiger partial charge in [0.1, 0.15) is 0 Å². The van der Waals surface area contributed by atoms with Crippen LogP contribution in [0.15, 0.2) is 29.5 Å². The van der Waals surface area contributed by atoms with Crippen LogP contribution >= 0.6 is 0 Å². The standard InChI is InChI=1S/C33H44N4O6/c1-7-20-19(6)32(42)37-27(20)14-25-18(5)23(10-12-31(40)41)29(35-25)15-28-22(9-11-30(38)39)17(4)24(34-28)13-26-16(3)21(8-2)33(43)36-26/h8,14,19-20,26,31,34-35,40-41H,2,7,9-13,15H2,1,3-6H3,(H,36,43)(H,37,42)(H,38,39)/b27-14-/t19-,20-,26-/m1/s1. The molecule has 0 unspecified atom stereocenters. The molecule has 0 saturated carbocycles. The van der Waals surface area contributed by atoms with Crippen molar-refractivity contribution in [3.05, 3.63) is 74.5 Å². The van der Waals surface area contributed by atoms with E-state index in [1.165, 1.54) is 0 Å². The molecule has 10 nitrogen and oxygen atoms in total. The quantitative estimate of drug-likeness (QED) is 0.176. The monoisotopic (exact) mass is 592 g/mol. The first-order chi connectivity index (χ1) is 20.4. The lowest BCUT2D eigenvalue weighted by molar-refractivity contribution is -0.137. The predicted octanol–water partition coefficient (Wildman–Crippen LogP) is 3.49. The average Bonchev–Trinajstić information content (AvgIpc) is 3.59. The SMILES string of the molecule is C=CC1=C(C)[C@@H](Cc2[nH]c(Cc3[nH]c(/C=C4\NC(=O)[C@H](C)[C@H]4CC)c(C)c3CCC(O)O)c(CCC(=O)O)c2C)NC1=O. The third-order valence-corrected chi connectivity index (χ3v) is 9.21. The molecular formula is C33H44N4O6. The van der Waals surface area contributed by atoms with Crippen molar-refractivity contribution in [2.45, 2.75) is 91.9 Å². The molecule has 2 amide bonds. The molecule has 0 bridgehead atoms. The molecule has 3 atom stereocenters. The van der Waals surface area contributed by atoms with E-state index in [1.807, 2.05) is 33.8 Å². The van der Waals surface area contributed by atoms with Crippen molar-refractivity contribution in [3.63, 3.8) is 0 Å². The van der Waals surface area contributed by atoms with Gasteiger partial charge in [0.25, 0.3) is 5.91 Å². The normalized spacial score (nSPS) is 21.3. The molecule has 4 rings (SSSR count). The minimum Gasteiger partial charge on any atom is -0.481 e. The number of aliphatic hydroxyl groups excluding tert-OH is 1. The Labute approximate surface area is 252 Å². The Balaban J connectivity index is 1.73. The van der Waals surface area contributed by atoms with E-state index in [-0.39, 0.29) is 42.5 Å². The number of hydrogen-bond donors (Lipinski definition) is 7. The maximum atomic E-state index is 12.4. The van der Waals surface area contributed by atoms with Gasteiger partial charge < -0.3 is 35.9 Å². The van der Waals surface area contributed by atoms with Crippen LogP contribution in [-0.2, 0) is 40.1 Å². The highest BCUT2D eigenvalue weighted by atomic mass is 16.5. The Kier molecular flexibility index (Phi) is 9.82. The number of aromatic nitrogens is 2. The highest BCUT2D eigenvalue weighted by Crippen LogP contribution is 2.33. The predicted molar refractivity (Wildman–Crippen MR) is 164 cm³/mol. The van der Waals surface area contributed by atoms with E-state index < -0.39 is 12.3 Å². The van der Waals surface area contributed by atoms with Gasteiger partial charge in [0.05, 0.1) is 6.04 Å². The lowest BCUT2D eigenvalue weighted by Crippen LogP contribution is -2.30. The van der Waals surface area contributed by atoms with E-state index in [0.717, 1.165) is 62.7 Å². The second-order valence-electron chi connectivity index (χ2n) is 11.8. The van der Waals surface area contributed by atoms with Crippen LogP contribution in [-0.4, -0.2) is 55.4 Å². The molecular weight excluding hydrogens is 548 g/mol. The van der Waals surface area contributed by atoms with Gasteiger partial charge in [0.15, 0.2) is 6.29 Å². The number of amides is 2. The van der Waals surface area contributed by atoms with Gasteiger partial charge in [-0.05, 0) is 73.9 Å². The largest absolute Gasteiger partial charge is 0.481 e. The van der Waals surface area contributed by atoms with Gasteiger partial charge in [-0.15, -0.1) is 0 Å². The number of carboxylic acids is 1. The first-order valence-corrected chi connectivity index (χ1v) is 15.0. The molecule has 2 aromatic rings. The molecule has 232 valence electrons. The zero-order valence-electron chi connectivity index (χ0n) is 25.7. The van der Waals surface area contributed by atoms with Crippen LogP contribution in [0.1, 0.15) is 85.1 Å². The van der Waals surface area contributed by atoms with Crippen LogP contribution in [0.2, 0.25) is 0 Å². The number of nitrogens with one attached hydrogen (secondary N) is 4. The van der Waals surface area contributed by atoms with Crippen molar-refractivity contribution in [3.8, 4) is 0 Å². The summed E-state index contributed by atoms with van der Waals surface area (Å²) in [5.74, 6) is -1.05. The maximum absolute atomic E-state index is 12.4. The summed E-state index contributed by atoms with van der Waals surface area (Å²) in [5, 5.41) is 34.8. The topological polar surface area (TPSA) is 168 Å². The zero-order chi connectivity index (χ0) is 31.6. The summed E-state index contributed by atoms with van der Waals surface area (Å²) >= 11 is 0. The zero-order valence-corrected chi connectivity index (χ0v) is 25.7.